The van der Waals surface area contributed by atoms with Crippen LogP contribution in [0.5, 0.6) is 0 Å². The zero-order chi connectivity index (χ0) is 20.8. The number of rotatable bonds is 7. The lowest BCUT2D eigenvalue weighted by molar-refractivity contribution is 0.0993. The molecule has 0 amide bonds. The van der Waals surface area contributed by atoms with Gasteiger partial charge < -0.3 is 15.9 Å². The topological polar surface area (TPSA) is 102 Å². The molecule has 0 aliphatic heterocycles. The van der Waals surface area contributed by atoms with E-state index in [-0.39, 0.29) is 18.0 Å². The third kappa shape index (κ3) is 4.89. The number of nitrogen functional groups attached to an aromatic ring is 1. The first kappa shape index (κ1) is 20.3. The van der Waals surface area contributed by atoms with Gasteiger partial charge in [-0.15, -0.1) is 0 Å². The Morgan fingerprint density at radius 1 is 1.28 bits per heavy atom. The SMILES string of the molecule is CO/N=C/c1c(N)ncnc1Nc1cc(Cl)c(CC(=O)c2ccccc2)cc1C. The fourth-order valence-electron chi connectivity index (χ4n) is 2.78. The van der Waals surface area contributed by atoms with E-state index in [1.165, 1.54) is 19.7 Å². The summed E-state index contributed by atoms with van der Waals surface area (Å²) in [6.07, 6.45) is 3.00. The molecule has 0 saturated heterocycles. The highest BCUT2D eigenvalue weighted by Gasteiger charge is 2.14. The van der Waals surface area contributed by atoms with Gasteiger partial charge in [-0.1, -0.05) is 53.2 Å². The average Bonchev–Trinajstić information content (AvgIpc) is 2.72. The van der Waals surface area contributed by atoms with Gasteiger partial charge in [-0.3, -0.25) is 4.79 Å². The lowest BCUT2D eigenvalue weighted by atomic mass is 10.0. The summed E-state index contributed by atoms with van der Waals surface area (Å²) < 4.78 is 0. The van der Waals surface area contributed by atoms with Crippen LogP contribution in [0.2, 0.25) is 5.02 Å². The van der Waals surface area contributed by atoms with Gasteiger partial charge in [0.2, 0.25) is 0 Å². The van der Waals surface area contributed by atoms with Crippen LogP contribution >= 0.6 is 11.6 Å². The van der Waals surface area contributed by atoms with Crippen molar-refractivity contribution in [2.24, 2.45) is 5.16 Å². The second-order valence-electron chi connectivity index (χ2n) is 6.29. The predicted molar refractivity (Wildman–Crippen MR) is 115 cm³/mol. The van der Waals surface area contributed by atoms with Gasteiger partial charge in [0, 0.05) is 22.7 Å². The maximum Gasteiger partial charge on any atom is 0.167 e. The molecule has 0 spiro atoms. The molecule has 0 saturated carbocycles. The van der Waals surface area contributed by atoms with Crippen LogP contribution in [-0.4, -0.2) is 29.1 Å². The molecule has 0 radical (unpaired) electrons. The molecule has 1 aromatic heterocycles. The zero-order valence-corrected chi connectivity index (χ0v) is 16.8. The number of halogens is 1. The number of nitrogens with zero attached hydrogens (tertiary/aromatic N) is 3. The number of aryl methyl sites for hydroxylation is 1. The molecule has 7 nitrogen and oxygen atoms in total. The molecule has 0 unspecified atom stereocenters. The Morgan fingerprint density at radius 2 is 2.03 bits per heavy atom. The minimum atomic E-state index is 0.00856. The highest BCUT2D eigenvalue weighted by atomic mass is 35.5. The number of hydrogen-bond donors (Lipinski definition) is 2. The summed E-state index contributed by atoms with van der Waals surface area (Å²) in [6, 6.07) is 12.8. The second kappa shape index (κ2) is 9.16. The van der Waals surface area contributed by atoms with Crippen LogP contribution in [-0.2, 0) is 11.3 Å². The van der Waals surface area contributed by atoms with E-state index in [2.05, 4.69) is 20.4 Å². The molecular weight excluding hydrogens is 390 g/mol. The van der Waals surface area contributed by atoms with Crippen molar-refractivity contribution in [3.8, 4) is 0 Å². The van der Waals surface area contributed by atoms with Crippen LogP contribution in [0.1, 0.15) is 27.0 Å². The number of carbonyl (C=O) groups is 1. The van der Waals surface area contributed by atoms with E-state index >= 15 is 0 Å². The Labute approximate surface area is 173 Å². The monoisotopic (exact) mass is 409 g/mol. The van der Waals surface area contributed by atoms with Gasteiger partial charge in [0.05, 0.1) is 11.8 Å². The van der Waals surface area contributed by atoms with E-state index < -0.39 is 0 Å². The predicted octanol–water partition coefficient (Wildman–Crippen LogP) is 4.17. The van der Waals surface area contributed by atoms with Crippen molar-refractivity contribution in [3.63, 3.8) is 0 Å². The number of ketones is 1. The molecule has 3 rings (SSSR count). The van der Waals surface area contributed by atoms with Crippen LogP contribution in [0.25, 0.3) is 0 Å². The van der Waals surface area contributed by atoms with Crippen molar-refractivity contribution in [1.82, 2.24) is 9.97 Å². The molecule has 8 heteroatoms. The molecular formula is C21H20ClN5O2. The molecule has 2 aromatic carbocycles. The smallest absolute Gasteiger partial charge is 0.167 e. The maximum atomic E-state index is 12.5. The molecule has 29 heavy (non-hydrogen) atoms. The minimum absolute atomic E-state index is 0.00856. The maximum absolute atomic E-state index is 12.5. The van der Waals surface area contributed by atoms with Crippen LogP contribution in [0.3, 0.4) is 0 Å². The molecule has 3 N–H and O–H groups in total. The Hall–Kier alpha value is -3.45. The lowest BCUT2D eigenvalue weighted by Crippen LogP contribution is -2.07. The van der Waals surface area contributed by atoms with Gasteiger partial charge in [-0.05, 0) is 24.1 Å². The van der Waals surface area contributed by atoms with Crippen molar-refractivity contribution >= 4 is 40.9 Å². The van der Waals surface area contributed by atoms with Gasteiger partial charge in [0.15, 0.2) is 5.78 Å². The number of aromatic nitrogens is 2. The van der Waals surface area contributed by atoms with E-state index in [0.717, 1.165) is 16.8 Å². The average molecular weight is 410 g/mol. The van der Waals surface area contributed by atoms with E-state index in [1.54, 1.807) is 18.2 Å². The summed E-state index contributed by atoms with van der Waals surface area (Å²) in [5.41, 5.74) is 9.45. The molecule has 1 heterocycles. The summed E-state index contributed by atoms with van der Waals surface area (Å²) in [6.45, 7) is 1.92. The Morgan fingerprint density at radius 3 is 2.76 bits per heavy atom. The number of hydrogen-bond acceptors (Lipinski definition) is 7. The van der Waals surface area contributed by atoms with Crippen LogP contribution in [0.15, 0.2) is 53.9 Å². The van der Waals surface area contributed by atoms with Crippen molar-refractivity contribution in [2.45, 2.75) is 13.3 Å². The van der Waals surface area contributed by atoms with Crippen LogP contribution < -0.4 is 11.1 Å². The molecule has 0 aliphatic rings. The molecule has 0 aliphatic carbocycles. The third-order valence-electron chi connectivity index (χ3n) is 4.30. The quantitative estimate of drug-likeness (QED) is 0.345. The summed E-state index contributed by atoms with van der Waals surface area (Å²) in [7, 11) is 1.43. The Kier molecular flexibility index (Phi) is 6.41. The highest BCUT2D eigenvalue weighted by molar-refractivity contribution is 6.32. The van der Waals surface area contributed by atoms with Gasteiger partial charge in [-0.25, -0.2) is 9.97 Å². The largest absolute Gasteiger partial charge is 0.399 e. The number of oxime groups is 1. The number of Topliss-reactive ketones (excluding diaryl/α,β-unsaturated/α-hetero) is 1. The van der Waals surface area contributed by atoms with Gasteiger partial charge in [0.1, 0.15) is 25.1 Å². The van der Waals surface area contributed by atoms with Crippen LogP contribution in [0.4, 0.5) is 17.3 Å². The van der Waals surface area contributed by atoms with Gasteiger partial charge in [0.25, 0.3) is 0 Å². The van der Waals surface area contributed by atoms with E-state index in [0.29, 0.717) is 22.0 Å². The fourth-order valence-corrected chi connectivity index (χ4v) is 3.01. The number of anilines is 3. The van der Waals surface area contributed by atoms with E-state index in [9.17, 15) is 4.79 Å². The molecule has 148 valence electrons. The summed E-state index contributed by atoms with van der Waals surface area (Å²) in [4.78, 5) is 25.4. The summed E-state index contributed by atoms with van der Waals surface area (Å²) >= 11 is 6.46. The van der Waals surface area contributed by atoms with Crippen molar-refractivity contribution in [2.75, 3.05) is 18.2 Å². The zero-order valence-electron chi connectivity index (χ0n) is 16.0. The molecule has 0 atom stereocenters. The second-order valence-corrected chi connectivity index (χ2v) is 6.69. The van der Waals surface area contributed by atoms with Crippen LogP contribution in [0, 0.1) is 6.92 Å². The number of nitrogens with one attached hydrogen (secondary N) is 1. The number of nitrogens with two attached hydrogens (primary N) is 1. The highest BCUT2D eigenvalue weighted by Crippen LogP contribution is 2.29. The first-order valence-corrected chi connectivity index (χ1v) is 9.18. The van der Waals surface area contributed by atoms with Crippen molar-refractivity contribution < 1.29 is 9.63 Å². The normalized spacial score (nSPS) is 10.9. The first-order valence-electron chi connectivity index (χ1n) is 8.81. The number of benzene rings is 2. The number of carbonyl (C=O) groups excluding carboxylic acids is 1. The lowest BCUT2D eigenvalue weighted by Gasteiger charge is -2.14. The first-order chi connectivity index (χ1) is 14.0. The Bertz CT molecular complexity index is 1050. The van der Waals surface area contributed by atoms with Gasteiger partial charge in [-0.2, -0.15) is 0 Å². The minimum Gasteiger partial charge on any atom is -0.399 e. The molecule has 3 aromatic rings. The van der Waals surface area contributed by atoms with E-state index in [4.69, 9.17) is 22.2 Å². The molecule has 0 fully saturated rings. The van der Waals surface area contributed by atoms with E-state index in [1.807, 2.05) is 31.2 Å². The standard InChI is InChI=1S/C21H20ClN5O2/c1-13-8-15(9-19(28)14-6-4-3-5-7-14)17(22)10-18(13)27-21-16(11-26-29-2)20(23)24-12-25-21/h3-8,10-12H,9H2,1-2H3,(H3,23,24,25,27)/b26-11+. The fraction of sp³-hybridized carbons (Fsp3) is 0.143. The summed E-state index contributed by atoms with van der Waals surface area (Å²) in [5, 5.41) is 7.41. The van der Waals surface area contributed by atoms with Crippen molar-refractivity contribution in [3.05, 3.63) is 76.1 Å². The Balaban J connectivity index is 1.86. The summed E-state index contributed by atoms with van der Waals surface area (Å²) in [5.74, 6) is 0.733. The van der Waals surface area contributed by atoms with Gasteiger partial charge >= 0.3 is 0 Å². The molecule has 0 bridgehead atoms. The van der Waals surface area contributed by atoms with Crippen molar-refractivity contribution in [1.29, 1.82) is 0 Å². The third-order valence-corrected chi connectivity index (χ3v) is 4.65.